The number of rotatable bonds is 3. The molecule has 0 aliphatic carbocycles. The lowest BCUT2D eigenvalue weighted by molar-refractivity contribution is -0.386. The van der Waals surface area contributed by atoms with Crippen LogP contribution < -0.4 is 4.74 Å². The van der Waals surface area contributed by atoms with Crippen LogP contribution in [0.3, 0.4) is 0 Å². The molecule has 0 bridgehead atoms. The van der Waals surface area contributed by atoms with Gasteiger partial charge in [-0.1, -0.05) is 11.6 Å². The Hall–Kier alpha value is -1.57. The first-order valence-corrected chi connectivity index (χ1v) is 4.18. The quantitative estimate of drug-likeness (QED) is 0.474. The molecule has 5 nitrogen and oxygen atoms in total. The van der Waals surface area contributed by atoms with E-state index in [0.29, 0.717) is 0 Å². The Kier molecular flexibility index (Phi) is 3.53. The third-order valence-corrected chi connectivity index (χ3v) is 1.59. The zero-order valence-electron chi connectivity index (χ0n) is 7.49. The topological polar surface area (TPSA) is 65.3 Å². The molecule has 0 aromatic carbocycles. The fraction of sp³-hybridized carbons (Fsp3) is 0.286. The van der Waals surface area contributed by atoms with Gasteiger partial charge < -0.3 is 4.74 Å². The summed E-state index contributed by atoms with van der Waals surface area (Å²) in [5.74, 6) is -0.755. The van der Waals surface area contributed by atoms with Crippen molar-refractivity contribution in [2.45, 2.75) is 6.18 Å². The highest BCUT2D eigenvalue weighted by Crippen LogP contribution is 2.27. The third-order valence-electron chi connectivity index (χ3n) is 1.38. The average Bonchev–Trinajstić information content (AvgIpc) is 2.13. The summed E-state index contributed by atoms with van der Waals surface area (Å²) in [5, 5.41) is 10.2. The molecule has 16 heavy (non-hydrogen) atoms. The minimum Gasteiger partial charge on any atom is -0.463 e. The van der Waals surface area contributed by atoms with E-state index in [1.54, 1.807) is 0 Å². The van der Waals surface area contributed by atoms with Crippen molar-refractivity contribution in [3.63, 3.8) is 0 Å². The van der Waals surface area contributed by atoms with E-state index >= 15 is 0 Å². The largest absolute Gasteiger partial charge is 0.463 e. The van der Waals surface area contributed by atoms with E-state index in [-0.39, 0.29) is 5.15 Å². The maximum absolute atomic E-state index is 11.8. The van der Waals surface area contributed by atoms with E-state index < -0.39 is 29.3 Å². The summed E-state index contributed by atoms with van der Waals surface area (Å²) in [6.07, 6.45) is -4.60. The first kappa shape index (κ1) is 12.5. The van der Waals surface area contributed by atoms with Crippen LogP contribution in [-0.4, -0.2) is 22.7 Å². The van der Waals surface area contributed by atoms with Crippen molar-refractivity contribution < 1.29 is 22.8 Å². The molecule has 0 fully saturated rings. The monoisotopic (exact) mass is 256 g/mol. The molecule has 0 unspecified atom stereocenters. The lowest BCUT2D eigenvalue weighted by Gasteiger charge is -2.08. The molecular weight excluding hydrogens is 253 g/mol. The average molecular weight is 257 g/mol. The van der Waals surface area contributed by atoms with Gasteiger partial charge in [-0.3, -0.25) is 10.1 Å². The van der Waals surface area contributed by atoms with Gasteiger partial charge in [-0.05, 0) is 6.07 Å². The lowest BCUT2D eigenvalue weighted by Crippen LogP contribution is -2.20. The predicted molar refractivity (Wildman–Crippen MR) is 47.5 cm³/mol. The molecule has 88 valence electrons. The molecular formula is C7H4ClF3N2O3. The minimum absolute atomic E-state index is 0.192. The summed E-state index contributed by atoms with van der Waals surface area (Å²) < 4.78 is 39.6. The first-order chi connectivity index (χ1) is 7.29. The second kappa shape index (κ2) is 4.52. The maximum atomic E-state index is 11.8. The van der Waals surface area contributed by atoms with Gasteiger partial charge in [-0.15, -0.1) is 0 Å². The molecule has 0 saturated heterocycles. The molecule has 0 spiro atoms. The molecule has 0 atom stereocenters. The number of alkyl halides is 3. The van der Waals surface area contributed by atoms with Crippen LogP contribution in [0.4, 0.5) is 18.9 Å². The summed E-state index contributed by atoms with van der Waals surface area (Å²) in [7, 11) is 0. The predicted octanol–water partition coefficient (Wildman–Crippen LogP) is 2.58. The molecule has 1 aromatic rings. The number of ether oxygens (including phenoxy) is 1. The number of nitrogens with zero attached hydrogens (tertiary/aromatic N) is 2. The third kappa shape index (κ3) is 3.54. The van der Waals surface area contributed by atoms with E-state index in [1.807, 2.05) is 0 Å². The lowest BCUT2D eigenvalue weighted by atomic mass is 10.4. The minimum atomic E-state index is -4.60. The molecule has 0 amide bonds. The van der Waals surface area contributed by atoms with Crippen LogP contribution in [0.2, 0.25) is 5.15 Å². The molecule has 0 aliphatic heterocycles. The van der Waals surface area contributed by atoms with E-state index in [9.17, 15) is 23.3 Å². The van der Waals surface area contributed by atoms with Crippen molar-refractivity contribution in [1.29, 1.82) is 0 Å². The molecule has 0 N–H and O–H groups in total. The fourth-order valence-electron chi connectivity index (χ4n) is 0.806. The van der Waals surface area contributed by atoms with E-state index in [0.717, 1.165) is 12.1 Å². The number of hydrogen-bond acceptors (Lipinski definition) is 4. The maximum Gasteiger partial charge on any atom is 0.422 e. The van der Waals surface area contributed by atoms with Crippen molar-refractivity contribution >= 4 is 17.3 Å². The number of nitro groups is 1. The van der Waals surface area contributed by atoms with Gasteiger partial charge in [0.15, 0.2) is 6.61 Å². The molecule has 0 aliphatic rings. The first-order valence-electron chi connectivity index (χ1n) is 3.80. The van der Waals surface area contributed by atoms with Gasteiger partial charge in [0, 0.05) is 6.07 Å². The Morgan fingerprint density at radius 2 is 2.12 bits per heavy atom. The summed E-state index contributed by atoms with van der Waals surface area (Å²) in [5.41, 5.74) is -0.673. The molecule has 0 saturated carbocycles. The van der Waals surface area contributed by atoms with Crippen LogP contribution in [-0.2, 0) is 0 Å². The second-order valence-corrected chi connectivity index (χ2v) is 3.01. The van der Waals surface area contributed by atoms with Crippen molar-refractivity contribution in [1.82, 2.24) is 4.98 Å². The molecule has 1 rings (SSSR count). The Labute approximate surface area is 91.9 Å². The van der Waals surface area contributed by atoms with Crippen molar-refractivity contribution in [2.75, 3.05) is 6.61 Å². The SMILES string of the molecule is O=[N+]([O-])c1ccc(Cl)nc1OCC(F)(F)F. The summed E-state index contributed by atoms with van der Waals surface area (Å²) in [6, 6.07) is 2.00. The highest BCUT2D eigenvalue weighted by atomic mass is 35.5. The van der Waals surface area contributed by atoms with Crippen molar-refractivity contribution in [3.8, 4) is 5.88 Å². The van der Waals surface area contributed by atoms with Crippen molar-refractivity contribution in [2.24, 2.45) is 0 Å². The zero-order chi connectivity index (χ0) is 12.3. The normalized spacial score (nSPS) is 11.2. The smallest absolute Gasteiger partial charge is 0.422 e. The highest BCUT2D eigenvalue weighted by molar-refractivity contribution is 6.29. The van der Waals surface area contributed by atoms with Crippen LogP contribution >= 0.6 is 11.6 Å². The van der Waals surface area contributed by atoms with Crippen LogP contribution in [0, 0.1) is 10.1 Å². The second-order valence-electron chi connectivity index (χ2n) is 2.62. The van der Waals surface area contributed by atoms with Gasteiger partial charge in [0.1, 0.15) is 5.15 Å². The molecule has 9 heteroatoms. The van der Waals surface area contributed by atoms with Gasteiger partial charge >= 0.3 is 11.9 Å². The highest BCUT2D eigenvalue weighted by Gasteiger charge is 2.30. The van der Waals surface area contributed by atoms with Gasteiger partial charge in [0.25, 0.3) is 5.88 Å². The van der Waals surface area contributed by atoms with E-state index in [4.69, 9.17) is 11.6 Å². The van der Waals surface area contributed by atoms with Crippen LogP contribution in [0.1, 0.15) is 0 Å². The number of pyridine rings is 1. The number of halogens is 4. The van der Waals surface area contributed by atoms with Crippen LogP contribution in [0.15, 0.2) is 12.1 Å². The Morgan fingerprint density at radius 1 is 1.50 bits per heavy atom. The summed E-state index contributed by atoms with van der Waals surface area (Å²) >= 11 is 5.38. The summed E-state index contributed by atoms with van der Waals surface area (Å²) in [4.78, 5) is 12.8. The number of hydrogen-bond donors (Lipinski definition) is 0. The molecule has 1 heterocycles. The van der Waals surface area contributed by atoms with E-state index in [1.165, 1.54) is 0 Å². The Balaban J connectivity index is 2.93. The van der Waals surface area contributed by atoms with Gasteiger partial charge in [-0.25, -0.2) is 0 Å². The molecule has 1 aromatic heterocycles. The Morgan fingerprint density at radius 3 is 2.62 bits per heavy atom. The van der Waals surface area contributed by atoms with Gasteiger partial charge in [0.2, 0.25) is 0 Å². The standard InChI is InChI=1S/C7H4ClF3N2O3/c8-5-2-1-4(13(14)15)6(12-5)16-3-7(9,10)11/h1-2H,3H2. The van der Waals surface area contributed by atoms with Gasteiger partial charge in [0.05, 0.1) is 4.92 Å². The zero-order valence-corrected chi connectivity index (χ0v) is 8.25. The molecule has 0 radical (unpaired) electrons. The Bertz CT molecular complexity index is 410. The van der Waals surface area contributed by atoms with Gasteiger partial charge in [-0.2, -0.15) is 18.2 Å². The summed E-state index contributed by atoms with van der Waals surface area (Å²) in [6.45, 7) is -1.67. The van der Waals surface area contributed by atoms with Crippen molar-refractivity contribution in [3.05, 3.63) is 27.4 Å². The fourth-order valence-corrected chi connectivity index (χ4v) is 0.946. The van der Waals surface area contributed by atoms with Crippen LogP contribution in [0.5, 0.6) is 5.88 Å². The van der Waals surface area contributed by atoms with E-state index in [2.05, 4.69) is 9.72 Å². The number of aromatic nitrogens is 1. The van der Waals surface area contributed by atoms with Crippen LogP contribution in [0.25, 0.3) is 0 Å².